The predicted octanol–water partition coefficient (Wildman–Crippen LogP) is 3.09. The summed E-state index contributed by atoms with van der Waals surface area (Å²) in [5.74, 6) is 0.657. The highest BCUT2D eigenvalue weighted by atomic mass is 16.5. The SMILES string of the molecule is COc1ccc2[nH]c(=O)c(CCC(=O)NCc3ccccc3C)cc2c1. The van der Waals surface area contributed by atoms with E-state index in [1.54, 1.807) is 13.2 Å². The van der Waals surface area contributed by atoms with Gasteiger partial charge in [-0.2, -0.15) is 0 Å². The van der Waals surface area contributed by atoms with E-state index in [4.69, 9.17) is 4.74 Å². The summed E-state index contributed by atoms with van der Waals surface area (Å²) in [5.41, 5.74) is 3.43. The van der Waals surface area contributed by atoms with Gasteiger partial charge in [0.2, 0.25) is 5.91 Å². The maximum absolute atomic E-state index is 12.2. The number of hydrogen-bond donors (Lipinski definition) is 2. The number of carbonyl (C=O) groups excluding carboxylic acids is 1. The molecule has 5 nitrogen and oxygen atoms in total. The van der Waals surface area contributed by atoms with Gasteiger partial charge in [-0.25, -0.2) is 0 Å². The molecule has 2 aromatic carbocycles. The van der Waals surface area contributed by atoms with Gasteiger partial charge in [-0.15, -0.1) is 0 Å². The standard InChI is InChI=1S/C21H22N2O3/c1-14-5-3-4-6-16(14)13-22-20(24)10-7-15-11-17-12-18(26-2)8-9-19(17)23-21(15)25/h3-6,8-9,11-12H,7,10,13H2,1-2H3,(H,22,24)(H,23,25). The minimum Gasteiger partial charge on any atom is -0.497 e. The minimum absolute atomic E-state index is 0.0709. The van der Waals surface area contributed by atoms with Crippen molar-refractivity contribution in [2.24, 2.45) is 0 Å². The number of ether oxygens (including phenoxy) is 1. The van der Waals surface area contributed by atoms with Crippen molar-refractivity contribution >= 4 is 16.8 Å². The summed E-state index contributed by atoms with van der Waals surface area (Å²) in [5, 5.41) is 3.80. The number of aryl methyl sites for hydroxylation is 2. The van der Waals surface area contributed by atoms with Gasteiger partial charge >= 0.3 is 0 Å². The van der Waals surface area contributed by atoms with Crippen molar-refractivity contribution in [3.05, 3.63) is 75.6 Å². The molecule has 0 radical (unpaired) electrons. The van der Waals surface area contributed by atoms with Crippen LogP contribution < -0.4 is 15.6 Å². The van der Waals surface area contributed by atoms with Gasteiger partial charge in [0, 0.05) is 29.4 Å². The van der Waals surface area contributed by atoms with Crippen molar-refractivity contribution in [1.29, 1.82) is 0 Å². The molecule has 1 amide bonds. The second-order valence-corrected chi connectivity index (χ2v) is 6.28. The molecule has 1 heterocycles. The first-order valence-corrected chi connectivity index (χ1v) is 8.58. The molecule has 26 heavy (non-hydrogen) atoms. The van der Waals surface area contributed by atoms with E-state index in [0.29, 0.717) is 18.5 Å². The maximum Gasteiger partial charge on any atom is 0.251 e. The summed E-state index contributed by atoms with van der Waals surface area (Å²) in [6, 6.07) is 15.3. The van der Waals surface area contributed by atoms with Gasteiger partial charge in [-0.1, -0.05) is 24.3 Å². The molecule has 0 aliphatic carbocycles. The number of aromatic nitrogens is 1. The first kappa shape index (κ1) is 17.7. The van der Waals surface area contributed by atoms with Crippen molar-refractivity contribution in [1.82, 2.24) is 10.3 Å². The number of hydrogen-bond acceptors (Lipinski definition) is 3. The summed E-state index contributed by atoms with van der Waals surface area (Å²) >= 11 is 0. The number of benzene rings is 2. The number of amides is 1. The zero-order chi connectivity index (χ0) is 18.5. The van der Waals surface area contributed by atoms with Crippen molar-refractivity contribution in [2.75, 3.05) is 7.11 Å². The van der Waals surface area contributed by atoms with Gasteiger partial charge in [0.15, 0.2) is 0 Å². The summed E-state index contributed by atoms with van der Waals surface area (Å²) in [6.07, 6.45) is 0.659. The number of nitrogens with one attached hydrogen (secondary N) is 2. The molecule has 0 saturated carbocycles. The Morgan fingerprint density at radius 3 is 2.69 bits per heavy atom. The van der Waals surface area contributed by atoms with E-state index in [0.717, 1.165) is 27.8 Å². The monoisotopic (exact) mass is 350 g/mol. The van der Waals surface area contributed by atoms with E-state index in [-0.39, 0.29) is 17.9 Å². The Bertz CT molecular complexity index is 992. The third-order valence-corrected chi connectivity index (χ3v) is 4.49. The van der Waals surface area contributed by atoms with Gasteiger partial charge in [-0.3, -0.25) is 9.59 Å². The molecule has 3 rings (SSSR count). The van der Waals surface area contributed by atoms with Crippen LogP contribution in [0.4, 0.5) is 0 Å². The molecule has 0 aliphatic heterocycles. The average molecular weight is 350 g/mol. The van der Waals surface area contributed by atoms with Crippen molar-refractivity contribution in [3.8, 4) is 5.75 Å². The quantitative estimate of drug-likeness (QED) is 0.718. The highest BCUT2D eigenvalue weighted by Crippen LogP contribution is 2.19. The fraction of sp³-hybridized carbons (Fsp3) is 0.238. The normalized spacial score (nSPS) is 10.7. The lowest BCUT2D eigenvalue weighted by atomic mass is 10.1. The van der Waals surface area contributed by atoms with Gasteiger partial charge in [0.1, 0.15) is 5.75 Å². The van der Waals surface area contributed by atoms with E-state index in [9.17, 15) is 9.59 Å². The fourth-order valence-electron chi connectivity index (χ4n) is 2.88. The van der Waals surface area contributed by atoms with Crippen LogP contribution in [0.3, 0.4) is 0 Å². The maximum atomic E-state index is 12.2. The van der Waals surface area contributed by atoms with Crippen LogP contribution in [-0.4, -0.2) is 18.0 Å². The average Bonchev–Trinajstić information content (AvgIpc) is 2.65. The molecule has 134 valence electrons. The van der Waals surface area contributed by atoms with Crippen molar-refractivity contribution in [3.63, 3.8) is 0 Å². The summed E-state index contributed by atoms with van der Waals surface area (Å²) in [7, 11) is 1.60. The molecule has 0 unspecified atom stereocenters. The number of methoxy groups -OCH3 is 1. The summed E-state index contributed by atoms with van der Waals surface area (Å²) in [4.78, 5) is 27.2. The van der Waals surface area contributed by atoms with E-state index < -0.39 is 0 Å². The van der Waals surface area contributed by atoms with Crippen LogP contribution in [-0.2, 0) is 17.8 Å². The van der Waals surface area contributed by atoms with Crippen molar-refractivity contribution in [2.45, 2.75) is 26.3 Å². The molecule has 0 spiro atoms. The molecule has 5 heteroatoms. The first-order valence-electron chi connectivity index (χ1n) is 8.58. The predicted molar refractivity (Wildman–Crippen MR) is 102 cm³/mol. The van der Waals surface area contributed by atoms with Gasteiger partial charge in [-0.05, 0) is 48.7 Å². The highest BCUT2D eigenvalue weighted by Gasteiger charge is 2.08. The highest BCUT2D eigenvalue weighted by molar-refractivity contribution is 5.81. The Hall–Kier alpha value is -3.08. The van der Waals surface area contributed by atoms with Crippen LogP contribution in [0.1, 0.15) is 23.1 Å². The minimum atomic E-state index is -0.158. The van der Waals surface area contributed by atoms with Gasteiger partial charge < -0.3 is 15.0 Å². The zero-order valence-corrected chi connectivity index (χ0v) is 15.0. The smallest absolute Gasteiger partial charge is 0.251 e. The van der Waals surface area contributed by atoms with Crippen LogP contribution >= 0.6 is 0 Å². The Morgan fingerprint density at radius 1 is 1.12 bits per heavy atom. The molecule has 0 aliphatic rings. The first-order chi connectivity index (χ1) is 12.6. The fourth-order valence-corrected chi connectivity index (χ4v) is 2.88. The van der Waals surface area contributed by atoms with Crippen LogP contribution in [0.2, 0.25) is 0 Å². The molecule has 0 bridgehead atoms. The number of H-pyrrole nitrogens is 1. The second-order valence-electron chi connectivity index (χ2n) is 6.28. The Kier molecular flexibility index (Phi) is 5.37. The van der Waals surface area contributed by atoms with Crippen molar-refractivity contribution < 1.29 is 9.53 Å². The zero-order valence-electron chi connectivity index (χ0n) is 15.0. The van der Waals surface area contributed by atoms with E-state index >= 15 is 0 Å². The second kappa shape index (κ2) is 7.87. The largest absolute Gasteiger partial charge is 0.497 e. The third-order valence-electron chi connectivity index (χ3n) is 4.49. The molecule has 2 N–H and O–H groups in total. The number of pyridine rings is 1. The van der Waals surface area contributed by atoms with Crippen LogP contribution in [0.25, 0.3) is 10.9 Å². The molecule has 0 saturated heterocycles. The van der Waals surface area contributed by atoms with Gasteiger partial charge in [0.25, 0.3) is 5.56 Å². The molecule has 1 aromatic heterocycles. The number of carbonyl (C=O) groups is 1. The lowest BCUT2D eigenvalue weighted by Gasteiger charge is -2.08. The van der Waals surface area contributed by atoms with Crippen LogP contribution in [0, 0.1) is 6.92 Å². The van der Waals surface area contributed by atoms with Gasteiger partial charge in [0.05, 0.1) is 7.11 Å². The third kappa shape index (κ3) is 4.11. The lowest BCUT2D eigenvalue weighted by molar-refractivity contribution is -0.121. The van der Waals surface area contributed by atoms with E-state index in [1.807, 2.05) is 49.4 Å². The lowest BCUT2D eigenvalue weighted by Crippen LogP contribution is -2.24. The Balaban J connectivity index is 1.65. The number of aromatic amines is 1. The molecular weight excluding hydrogens is 328 g/mol. The van der Waals surface area contributed by atoms with E-state index in [2.05, 4.69) is 10.3 Å². The number of rotatable bonds is 6. The topological polar surface area (TPSA) is 71.2 Å². The Morgan fingerprint density at radius 2 is 1.92 bits per heavy atom. The summed E-state index contributed by atoms with van der Waals surface area (Å²) in [6.45, 7) is 2.52. The molecular formula is C21H22N2O3. The Labute approximate surface area is 152 Å². The van der Waals surface area contributed by atoms with Crippen LogP contribution in [0.15, 0.2) is 53.3 Å². The molecule has 3 aromatic rings. The van der Waals surface area contributed by atoms with E-state index in [1.165, 1.54) is 0 Å². The number of fused-ring (bicyclic) bond motifs is 1. The molecule has 0 atom stereocenters. The van der Waals surface area contributed by atoms with Crippen LogP contribution in [0.5, 0.6) is 5.75 Å². The molecule has 0 fully saturated rings. The summed E-state index contributed by atoms with van der Waals surface area (Å²) < 4.78 is 5.22.